The zero-order valence-corrected chi connectivity index (χ0v) is 13.0. The highest BCUT2D eigenvalue weighted by molar-refractivity contribution is 6.04. The first-order chi connectivity index (χ1) is 10.9. The third kappa shape index (κ3) is 4.18. The van der Waals surface area contributed by atoms with Gasteiger partial charge in [0.15, 0.2) is 11.5 Å². The largest absolute Gasteiger partial charge is 0.490 e. The Hall–Kier alpha value is -2.64. The monoisotopic (exact) mass is 325 g/mol. The predicted octanol–water partition coefficient (Wildman–Crippen LogP) is 2.98. The molecule has 0 aliphatic heterocycles. The zero-order valence-electron chi connectivity index (χ0n) is 13.0. The highest BCUT2D eigenvalue weighted by atomic mass is 19.3. The number of halogens is 2. The first kappa shape index (κ1) is 16.7. The molecule has 23 heavy (non-hydrogen) atoms. The van der Waals surface area contributed by atoms with Crippen LogP contribution in [0.1, 0.15) is 23.0 Å². The lowest BCUT2D eigenvalue weighted by atomic mass is 10.2. The van der Waals surface area contributed by atoms with Crippen LogP contribution in [0.3, 0.4) is 0 Å². The van der Waals surface area contributed by atoms with Crippen LogP contribution in [-0.2, 0) is 7.05 Å². The van der Waals surface area contributed by atoms with Crippen LogP contribution in [0.15, 0.2) is 24.4 Å². The van der Waals surface area contributed by atoms with Crippen molar-refractivity contribution >= 4 is 11.6 Å². The maximum Gasteiger partial charge on any atom is 0.387 e. The molecular formula is C15H17F2N3O3. The number of ether oxygens (including phenoxy) is 2. The molecule has 1 heterocycles. The average molecular weight is 325 g/mol. The van der Waals surface area contributed by atoms with E-state index < -0.39 is 12.5 Å². The van der Waals surface area contributed by atoms with E-state index in [1.54, 1.807) is 31.8 Å². The molecule has 0 aliphatic rings. The Bertz CT molecular complexity index is 701. The van der Waals surface area contributed by atoms with Crippen molar-refractivity contribution in [2.75, 3.05) is 11.9 Å². The quantitative estimate of drug-likeness (QED) is 0.887. The molecule has 2 aromatic rings. The second kappa shape index (κ2) is 7.08. The summed E-state index contributed by atoms with van der Waals surface area (Å²) in [6.07, 6.45) is 1.67. The molecule has 0 saturated carbocycles. The van der Waals surface area contributed by atoms with E-state index in [0.29, 0.717) is 11.4 Å². The molecule has 1 N–H and O–H groups in total. The zero-order chi connectivity index (χ0) is 17.0. The van der Waals surface area contributed by atoms with Gasteiger partial charge in [-0.25, -0.2) is 0 Å². The van der Waals surface area contributed by atoms with Gasteiger partial charge in [-0.3, -0.25) is 9.48 Å². The minimum Gasteiger partial charge on any atom is -0.490 e. The van der Waals surface area contributed by atoms with Crippen LogP contribution in [0.4, 0.5) is 14.5 Å². The standard InChI is InChI=1S/C15H17F2N3O3/c1-4-22-13-7-10(5-6-12(13)23-15(16)17)14(21)18-11-8-20(3)19-9(11)2/h5-8,15H,4H2,1-3H3,(H,18,21). The molecule has 0 unspecified atom stereocenters. The second-order valence-corrected chi connectivity index (χ2v) is 4.73. The lowest BCUT2D eigenvalue weighted by Gasteiger charge is -2.12. The van der Waals surface area contributed by atoms with Crippen molar-refractivity contribution in [2.45, 2.75) is 20.5 Å². The number of carbonyl (C=O) groups excluding carboxylic acids is 1. The van der Waals surface area contributed by atoms with Gasteiger partial charge in [0.2, 0.25) is 0 Å². The van der Waals surface area contributed by atoms with Crippen LogP contribution >= 0.6 is 0 Å². The molecule has 124 valence electrons. The van der Waals surface area contributed by atoms with E-state index in [1.807, 2.05) is 0 Å². The fraction of sp³-hybridized carbons (Fsp3) is 0.333. The van der Waals surface area contributed by atoms with Crippen molar-refractivity contribution in [3.63, 3.8) is 0 Å². The second-order valence-electron chi connectivity index (χ2n) is 4.73. The number of hydrogen-bond donors (Lipinski definition) is 1. The minimum atomic E-state index is -2.97. The molecule has 0 bridgehead atoms. The first-order valence-corrected chi connectivity index (χ1v) is 6.94. The summed E-state index contributed by atoms with van der Waals surface area (Å²) in [5.74, 6) is -0.426. The average Bonchev–Trinajstić information content (AvgIpc) is 2.78. The van der Waals surface area contributed by atoms with Crippen molar-refractivity contribution in [3.05, 3.63) is 35.7 Å². The molecule has 0 fully saturated rings. The van der Waals surface area contributed by atoms with Crippen LogP contribution in [-0.4, -0.2) is 28.9 Å². The van der Waals surface area contributed by atoms with Gasteiger partial charge in [-0.2, -0.15) is 13.9 Å². The third-order valence-corrected chi connectivity index (χ3v) is 2.98. The van der Waals surface area contributed by atoms with Crippen molar-refractivity contribution < 1.29 is 23.0 Å². The van der Waals surface area contributed by atoms with Crippen LogP contribution in [0.5, 0.6) is 11.5 Å². The third-order valence-electron chi connectivity index (χ3n) is 2.98. The number of benzene rings is 1. The smallest absolute Gasteiger partial charge is 0.387 e. The molecule has 6 nitrogen and oxygen atoms in total. The number of rotatable bonds is 6. The summed E-state index contributed by atoms with van der Waals surface area (Å²) in [4.78, 5) is 12.3. The molecule has 0 saturated heterocycles. The van der Waals surface area contributed by atoms with Gasteiger partial charge in [-0.15, -0.1) is 0 Å². The van der Waals surface area contributed by atoms with E-state index in [9.17, 15) is 13.6 Å². The fourth-order valence-electron chi connectivity index (χ4n) is 2.03. The lowest BCUT2D eigenvalue weighted by molar-refractivity contribution is -0.0514. The Kier molecular flexibility index (Phi) is 5.15. The van der Waals surface area contributed by atoms with Gasteiger partial charge in [-0.05, 0) is 32.0 Å². The van der Waals surface area contributed by atoms with Crippen molar-refractivity contribution in [3.8, 4) is 11.5 Å². The van der Waals surface area contributed by atoms with E-state index in [0.717, 1.165) is 0 Å². The Morgan fingerprint density at radius 3 is 2.70 bits per heavy atom. The van der Waals surface area contributed by atoms with E-state index >= 15 is 0 Å². The van der Waals surface area contributed by atoms with Gasteiger partial charge in [0.25, 0.3) is 5.91 Å². The summed E-state index contributed by atoms with van der Waals surface area (Å²) < 4.78 is 35.9. The van der Waals surface area contributed by atoms with E-state index in [4.69, 9.17) is 4.74 Å². The fourth-order valence-corrected chi connectivity index (χ4v) is 2.03. The number of anilines is 1. The molecule has 2 rings (SSSR count). The highest BCUT2D eigenvalue weighted by Crippen LogP contribution is 2.30. The topological polar surface area (TPSA) is 65.4 Å². The summed E-state index contributed by atoms with van der Waals surface area (Å²) in [5.41, 5.74) is 1.50. The summed E-state index contributed by atoms with van der Waals surface area (Å²) >= 11 is 0. The summed E-state index contributed by atoms with van der Waals surface area (Å²) in [6.45, 7) is 0.761. The van der Waals surface area contributed by atoms with Crippen molar-refractivity contribution in [2.24, 2.45) is 7.05 Å². The number of alkyl halides is 2. The van der Waals surface area contributed by atoms with Gasteiger partial charge in [0.1, 0.15) is 0 Å². The normalized spacial score (nSPS) is 10.7. The Labute approximate surface area is 132 Å². The van der Waals surface area contributed by atoms with Gasteiger partial charge in [0.05, 0.1) is 18.0 Å². The molecule has 0 radical (unpaired) electrons. The number of amides is 1. The Balaban J connectivity index is 2.23. The maximum atomic E-state index is 12.4. The molecule has 0 spiro atoms. The van der Waals surface area contributed by atoms with Crippen LogP contribution in [0.2, 0.25) is 0 Å². The van der Waals surface area contributed by atoms with E-state index in [2.05, 4.69) is 15.2 Å². The summed E-state index contributed by atoms with van der Waals surface area (Å²) in [7, 11) is 1.74. The first-order valence-electron chi connectivity index (χ1n) is 6.94. The number of aryl methyl sites for hydroxylation is 2. The molecule has 0 aliphatic carbocycles. The molecular weight excluding hydrogens is 308 g/mol. The van der Waals surface area contributed by atoms with Gasteiger partial charge >= 0.3 is 6.61 Å². The summed E-state index contributed by atoms with van der Waals surface area (Å²) in [6, 6.07) is 4.03. The van der Waals surface area contributed by atoms with Crippen LogP contribution < -0.4 is 14.8 Å². The number of nitrogens with one attached hydrogen (secondary N) is 1. The SMILES string of the molecule is CCOc1cc(C(=O)Nc2cn(C)nc2C)ccc1OC(F)F. The van der Waals surface area contributed by atoms with Crippen molar-refractivity contribution in [1.29, 1.82) is 0 Å². The molecule has 8 heteroatoms. The minimum absolute atomic E-state index is 0.0864. The van der Waals surface area contributed by atoms with Crippen LogP contribution in [0, 0.1) is 6.92 Å². The number of hydrogen-bond acceptors (Lipinski definition) is 4. The number of nitrogens with zero attached hydrogens (tertiary/aromatic N) is 2. The van der Waals surface area contributed by atoms with Gasteiger partial charge in [-0.1, -0.05) is 0 Å². The maximum absolute atomic E-state index is 12.4. The van der Waals surface area contributed by atoms with Crippen molar-refractivity contribution in [1.82, 2.24) is 9.78 Å². The van der Waals surface area contributed by atoms with Crippen LogP contribution in [0.25, 0.3) is 0 Å². The van der Waals surface area contributed by atoms with Gasteiger partial charge in [0, 0.05) is 18.8 Å². The highest BCUT2D eigenvalue weighted by Gasteiger charge is 2.16. The number of aromatic nitrogens is 2. The predicted molar refractivity (Wildman–Crippen MR) is 80.1 cm³/mol. The summed E-state index contributed by atoms with van der Waals surface area (Å²) in [5, 5.41) is 6.84. The Morgan fingerprint density at radius 1 is 1.39 bits per heavy atom. The number of carbonyl (C=O) groups is 1. The molecule has 1 amide bonds. The Morgan fingerprint density at radius 2 is 2.13 bits per heavy atom. The van der Waals surface area contributed by atoms with E-state index in [-0.39, 0.29) is 23.7 Å². The van der Waals surface area contributed by atoms with E-state index in [1.165, 1.54) is 18.2 Å². The molecule has 1 aromatic carbocycles. The lowest BCUT2D eigenvalue weighted by Crippen LogP contribution is -2.13. The van der Waals surface area contributed by atoms with Gasteiger partial charge < -0.3 is 14.8 Å². The molecule has 1 aromatic heterocycles. The molecule has 0 atom stereocenters.